The lowest BCUT2D eigenvalue weighted by Gasteiger charge is -2.13. The van der Waals surface area contributed by atoms with E-state index in [0.717, 1.165) is 19.4 Å². The van der Waals surface area contributed by atoms with Crippen molar-refractivity contribution >= 4 is 17.3 Å². The SMILES string of the molecule is NCC(=O)Nc1ccc(NCC2CCCO2)c(F)c1. The van der Waals surface area contributed by atoms with Gasteiger partial charge in [0.25, 0.3) is 0 Å². The summed E-state index contributed by atoms with van der Waals surface area (Å²) in [7, 11) is 0. The Bertz CT molecular complexity index is 448. The number of hydrogen-bond donors (Lipinski definition) is 3. The molecule has 0 bridgehead atoms. The van der Waals surface area contributed by atoms with Gasteiger partial charge < -0.3 is 21.1 Å². The molecule has 1 aromatic carbocycles. The van der Waals surface area contributed by atoms with Gasteiger partial charge in [0.2, 0.25) is 5.91 Å². The van der Waals surface area contributed by atoms with Crippen LogP contribution in [0.1, 0.15) is 12.8 Å². The maximum atomic E-state index is 13.8. The summed E-state index contributed by atoms with van der Waals surface area (Å²) in [6, 6.07) is 4.50. The number of anilines is 2. The lowest BCUT2D eigenvalue weighted by molar-refractivity contribution is -0.114. The van der Waals surface area contributed by atoms with Gasteiger partial charge in [-0.15, -0.1) is 0 Å². The van der Waals surface area contributed by atoms with E-state index < -0.39 is 5.82 Å². The Morgan fingerprint density at radius 2 is 2.37 bits per heavy atom. The summed E-state index contributed by atoms with van der Waals surface area (Å²) >= 11 is 0. The van der Waals surface area contributed by atoms with Crippen LogP contribution in [0.25, 0.3) is 0 Å². The average Bonchev–Trinajstić information content (AvgIpc) is 2.91. The lowest BCUT2D eigenvalue weighted by Crippen LogP contribution is -2.22. The van der Waals surface area contributed by atoms with Crippen LogP contribution in [-0.4, -0.2) is 31.7 Å². The molecule has 0 radical (unpaired) electrons. The molecule has 1 heterocycles. The van der Waals surface area contributed by atoms with Crippen LogP contribution in [0.2, 0.25) is 0 Å². The van der Waals surface area contributed by atoms with Gasteiger partial charge in [0.05, 0.1) is 18.3 Å². The number of nitrogens with one attached hydrogen (secondary N) is 2. The number of nitrogens with two attached hydrogens (primary N) is 1. The maximum Gasteiger partial charge on any atom is 0.238 e. The van der Waals surface area contributed by atoms with Crippen LogP contribution >= 0.6 is 0 Å². The van der Waals surface area contributed by atoms with E-state index in [0.29, 0.717) is 17.9 Å². The molecule has 0 aromatic heterocycles. The van der Waals surface area contributed by atoms with Crippen molar-refractivity contribution in [3.8, 4) is 0 Å². The number of carbonyl (C=O) groups is 1. The predicted molar refractivity (Wildman–Crippen MR) is 71.5 cm³/mol. The Balaban J connectivity index is 1.92. The van der Waals surface area contributed by atoms with Gasteiger partial charge >= 0.3 is 0 Å². The molecule has 6 heteroatoms. The third-order valence-corrected chi connectivity index (χ3v) is 2.98. The van der Waals surface area contributed by atoms with E-state index in [1.165, 1.54) is 6.07 Å². The number of benzene rings is 1. The first kappa shape index (κ1) is 13.8. The van der Waals surface area contributed by atoms with Gasteiger partial charge in [-0.2, -0.15) is 0 Å². The highest BCUT2D eigenvalue weighted by atomic mass is 19.1. The van der Waals surface area contributed by atoms with Crippen molar-refractivity contribution in [3.63, 3.8) is 0 Å². The smallest absolute Gasteiger partial charge is 0.238 e. The normalized spacial score (nSPS) is 18.3. The third kappa shape index (κ3) is 3.90. The minimum atomic E-state index is -0.409. The van der Waals surface area contributed by atoms with Gasteiger partial charge in [0, 0.05) is 18.8 Å². The molecule has 0 saturated carbocycles. The highest BCUT2D eigenvalue weighted by molar-refractivity contribution is 5.92. The fourth-order valence-electron chi connectivity index (χ4n) is 1.98. The minimum Gasteiger partial charge on any atom is -0.380 e. The molecular formula is C13H18FN3O2. The fourth-order valence-corrected chi connectivity index (χ4v) is 1.98. The number of ether oxygens (including phenoxy) is 1. The zero-order chi connectivity index (χ0) is 13.7. The van der Waals surface area contributed by atoms with E-state index >= 15 is 0 Å². The van der Waals surface area contributed by atoms with Crippen LogP contribution in [0.3, 0.4) is 0 Å². The molecule has 4 N–H and O–H groups in total. The van der Waals surface area contributed by atoms with Crippen LogP contribution in [0, 0.1) is 5.82 Å². The van der Waals surface area contributed by atoms with Gasteiger partial charge in [-0.05, 0) is 31.0 Å². The number of rotatable bonds is 5. The molecule has 1 amide bonds. The Kier molecular flexibility index (Phi) is 4.70. The summed E-state index contributed by atoms with van der Waals surface area (Å²) in [5, 5.41) is 5.51. The quantitative estimate of drug-likeness (QED) is 0.752. The summed E-state index contributed by atoms with van der Waals surface area (Å²) < 4.78 is 19.2. The second-order valence-electron chi connectivity index (χ2n) is 4.46. The van der Waals surface area contributed by atoms with Gasteiger partial charge in [-0.25, -0.2) is 4.39 Å². The molecule has 1 fully saturated rings. The number of halogens is 1. The first-order valence-electron chi connectivity index (χ1n) is 6.34. The van der Waals surface area contributed by atoms with Gasteiger partial charge in [0.1, 0.15) is 5.82 Å². The number of carbonyl (C=O) groups excluding carboxylic acids is 1. The van der Waals surface area contributed by atoms with Gasteiger partial charge in [-0.3, -0.25) is 4.79 Å². The molecule has 5 nitrogen and oxygen atoms in total. The van der Waals surface area contributed by atoms with Crippen LogP contribution in [-0.2, 0) is 9.53 Å². The lowest BCUT2D eigenvalue weighted by atomic mass is 10.2. The van der Waals surface area contributed by atoms with Gasteiger partial charge in [-0.1, -0.05) is 0 Å². The molecule has 0 aliphatic carbocycles. The zero-order valence-corrected chi connectivity index (χ0v) is 10.6. The summed E-state index contributed by atoms with van der Waals surface area (Å²) in [6.07, 6.45) is 2.20. The van der Waals surface area contributed by atoms with E-state index in [4.69, 9.17) is 10.5 Å². The monoisotopic (exact) mass is 267 g/mol. The second kappa shape index (κ2) is 6.49. The maximum absolute atomic E-state index is 13.8. The number of hydrogen-bond acceptors (Lipinski definition) is 4. The van der Waals surface area contributed by atoms with Crippen molar-refractivity contribution in [1.29, 1.82) is 0 Å². The molecule has 1 aliphatic heterocycles. The molecule has 2 rings (SSSR count). The average molecular weight is 267 g/mol. The first-order valence-corrected chi connectivity index (χ1v) is 6.34. The Hall–Kier alpha value is -1.66. The Morgan fingerprint density at radius 3 is 3.00 bits per heavy atom. The number of amides is 1. The molecule has 0 spiro atoms. The molecule has 1 aromatic rings. The molecule has 1 unspecified atom stereocenters. The Labute approximate surface area is 111 Å². The van der Waals surface area contributed by atoms with E-state index in [1.54, 1.807) is 12.1 Å². The standard InChI is InChI=1S/C13H18FN3O2/c14-11-6-9(17-13(18)7-15)3-4-12(11)16-8-10-2-1-5-19-10/h3-4,6,10,16H,1-2,5,7-8,15H2,(H,17,18). The van der Waals surface area contributed by atoms with Crippen molar-refractivity contribution in [2.45, 2.75) is 18.9 Å². The summed E-state index contributed by atoms with van der Waals surface area (Å²) in [4.78, 5) is 11.1. The van der Waals surface area contributed by atoms with Crippen molar-refractivity contribution in [2.75, 3.05) is 30.3 Å². The van der Waals surface area contributed by atoms with E-state index in [2.05, 4.69) is 10.6 Å². The van der Waals surface area contributed by atoms with Crippen molar-refractivity contribution < 1.29 is 13.9 Å². The summed E-state index contributed by atoms with van der Waals surface area (Å²) in [5.41, 5.74) is 5.98. The second-order valence-corrected chi connectivity index (χ2v) is 4.46. The van der Waals surface area contributed by atoms with Gasteiger partial charge in [0.15, 0.2) is 0 Å². The molecular weight excluding hydrogens is 249 g/mol. The van der Waals surface area contributed by atoms with Crippen molar-refractivity contribution in [1.82, 2.24) is 0 Å². The fraction of sp³-hybridized carbons (Fsp3) is 0.462. The third-order valence-electron chi connectivity index (χ3n) is 2.98. The van der Waals surface area contributed by atoms with Crippen molar-refractivity contribution in [2.24, 2.45) is 5.73 Å². The first-order chi connectivity index (χ1) is 9.19. The molecule has 19 heavy (non-hydrogen) atoms. The van der Waals surface area contributed by atoms with Crippen LogP contribution in [0.15, 0.2) is 18.2 Å². The van der Waals surface area contributed by atoms with Crippen LogP contribution < -0.4 is 16.4 Å². The topological polar surface area (TPSA) is 76.4 Å². The highest BCUT2D eigenvalue weighted by Gasteiger charge is 2.15. The summed E-state index contributed by atoms with van der Waals surface area (Å²) in [5.74, 6) is -0.757. The van der Waals surface area contributed by atoms with Crippen molar-refractivity contribution in [3.05, 3.63) is 24.0 Å². The predicted octanol–water partition coefficient (Wildman–Crippen LogP) is 1.31. The molecule has 1 saturated heterocycles. The molecule has 1 aliphatic rings. The Morgan fingerprint density at radius 1 is 1.53 bits per heavy atom. The van der Waals surface area contributed by atoms with Crippen LogP contribution in [0.5, 0.6) is 0 Å². The van der Waals surface area contributed by atoms with E-state index in [-0.39, 0.29) is 18.6 Å². The van der Waals surface area contributed by atoms with Crippen LogP contribution in [0.4, 0.5) is 15.8 Å². The zero-order valence-electron chi connectivity index (χ0n) is 10.6. The largest absolute Gasteiger partial charge is 0.380 e. The highest BCUT2D eigenvalue weighted by Crippen LogP contribution is 2.20. The van der Waals surface area contributed by atoms with E-state index in [9.17, 15) is 9.18 Å². The minimum absolute atomic E-state index is 0.124. The summed E-state index contributed by atoms with van der Waals surface area (Å²) in [6.45, 7) is 1.24. The molecule has 104 valence electrons. The molecule has 1 atom stereocenters. The van der Waals surface area contributed by atoms with E-state index in [1.807, 2.05) is 0 Å².